The number of ether oxygens (including phenoxy) is 1. The second-order valence-electron chi connectivity index (χ2n) is 3.38. The molecule has 0 saturated carbocycles. The van der Waals surface area contributed by atoms with Crippen molar-refractivity contribution < 1.29 is 19.6 Å². The monoisotopic (exact) mass is 239 g/mol. The number of hydrogen-bond donors (Lipinski definition) is 1. The lowest BCUT2D eigenvalue weighted by molar-refractivity contribution is -0.384. The molecule has 6 heteroatoms. The Balaban J connectivity index is 2.73. The number of phenols is 1. The summed E-state index contributed by atoms with van der Waals surface area (Å²) in [7, 11) is 0. The van der Waals surface area contributed by atoms with Crippen molar-refractivity contribution >= 4 is 11.7 Å². The number of rotatable bonds is 5. The van der Waals surface area contributed by atoms with Crippen molar-refractivity contribution in [3.8, 4) is 5.75 Å². The molecule has 1 aromatic rings. The second-order valence-corrected chi connectivity index (χ2v) is 3.38. The molecule has 0 aliphatic heterocycles. The molecular weight excluding hydrogens is 226 g/mol. The Morgan fingerprint density at radius 2 is 2.24 bits per heavy atom. The molecule has 0 amide bonds. The van der Waals surface area contributed by atoms with Gasteiger partial charge < -0.3 is 9.84 Å². The molecule has 1 N–H and O–H groups in total. The van der Waals surface area contributed by atoms with Crippen molar-refractivity contribution in [3.63, 3.8) is 0 Å². The minimum atomic E-state index is -0.548. The van der Waals surface area contributed by atoms with Gasteiger partial charge in [0, 0.05) is 24.1 Å². The Morgan fingerprint density at radius 1 is 1.53 bits per heavy atom. The summed E-state index contributed by atoms with van der Waals surface area (Å²) in [5, 5.41) is 20.0. The molecule has 0 aliphatic rings. The predicted molar refractivity (Wildman–Crippen MR) is 59.7 cm³/mol. The molecule has 0 unspecified atom stereocenters. The quantitative estimate of drug-likeness (QED) is 0.480. The summed E-state index contributed by atoms with van der Waals surface area (Å²) >= 11 is 0. The fraction of sp³-hybridized carbons (Fsp3) is 0.364. The smallest absolute Gasteiger partial charge is 0.306 e. The minimum Gasteiger partial charge on any atom is -0.508 e. The summed E-state index contributed by atoms with van der Waals surface area (Å²) in [6.07, 6.45) is 0.301. The zero-order valence-corrected chi connectivity index (χ0v) is 9.38. The summed E-state index contributed by atoms with van der Waals surface area (Å²) in [6, 6.07) is 3.72. The van der Waals surface area contributed by atoms with Crippen LogP contribution < -0.4 is 0 Å². The van der Waals surface area contributed by atoms with Crippen LogP contribution in [0.1, 0.15) is 18.9 Å². The number of non-ortho nitro benzene ring substituents is 1. The molecule has 0 aliphatic carbocycles. The van der Waals surface area contributed by atoms with Crippen LogP contribution in [0.2, 0.25) is 0 Å². The number of hydrogen-bond acceptors (Lipinski definition) is 5. The molecule has 17 heavy (non-hydrogen) atoms. The van der Waals surface area contributed by atoms with Crippen LogP contribution in [0.4, 0.5) is 5.69 Å². The van der Waals surface area contributed by atoms with Crippen molar-refractivity contribution in [2.24, 2.45) is 0 Å². The van der Waals surface area contributed by atoms with Crippen LogP contribution >= 0.6 is 0 Å². The van der Waals surface area contributed by atoms with Gasteiger partial charge in [-0.2, -0.15) is 0 Å². The van der Waals surface area contributed by atoms with E-state index in [2.05, 4.69) is 0 Å². The summed E-state index contributed by atoms with van der Waals surface area (Å²) in [5.74, 6) is -0.446. The number of aryl methyl sites for hydroxylation is 1. The van der Waals surface area contributed by atoms with Crippen molar-refractivity contribution in [3.05, 3.63) is 33.9 Å². The molecule has 0 spiro atoms. The average Bonchev–Trinajstić information content (AvgIpc) is 2.28. The molecule has 1 aromatic carbocycles. The van der Waals surface area contributed by atoms with Gasteiger partial charge in [0.15, 0.2) is 0 Å². The van der Waals surface area contributed by atoms with Crippen molar-refractivity contribution in [1.82, 2.24) is 0 Å². The van der Waals surface area contributed by atoms with E-state index in [1.165, 1.54) is 18.2 Å². The van der Waals surface area contributed by atoms with Crippen molar-refractivity contribution in [2.45, 2.75) is 19.8 Å². The Hall–Kier alpha value is -2.11. The second kappa shape index (κ2) is 5.83. The molecule has 0 saturated heterocycles. The van der Waals surface area contributed by atoms with E-state index < -0.39 is 10.9 Å². The fourth-order valence-electron chi connectivity index (χ4n) is 1.36. The molecule has 0 atom stereocenters. The molecule has 1 rings (SSSR count). The van der Waals surface area contributed by atoms with Crippen LogP contribution in [0, 0.1) is 10.1 Å². The lowest BCUT2D eigenvalue weighted by Crippen LogP contribution is -2.05. The first-order valence-corrected chi connectivity index (χ1v) is 5.16. The highest BCUT2D eigenvalue weighted by Crippen LogP contribution is 2.24. The Morgan fingerprint density at radius 3 is 2.82 bits per heavy atom. The van der Waals surface area contributed by atoms with Crippen LogP contribution in [0.15, 0.2) is 18.2 Å². The van der Waals surface area contributed by atoms with E-state index in [0.717, 1.165) is 0 Å². The van der Waals surface area contributed by atoms with Crippen LogP contribution in [0.5, 0.6) is 5.75 Å². The SMILES string of the molecule is CCOC(=O)CCc1cc([N+](=O)[O-])ccc1O. The number of nitrogens with zero attached hydrogens (tertiary/aromatic N) is 1. The standard InChI is InChI=1S/C11H13NO5/c1-2-17-11(14)6-3-8-7-9(12(15)16)4-5-10(8)13/h4-5,7,13H,2-3,6H2,1H3. The average molecular weight is 239 g/mol. The number of carbonyl (C=O) groups excluding carboxylic acids is 1. The van der Waals surface area contributed by atoms with Crippen molar-refractivity contribution in [2.75, 3.05) is 6.61 Å². The van der Waals surface area contributed by atoms with Gasteiger partial charge in [0.05, 0.1) is 11.5 Å². The van der Waals surface area contributed by atoms with Gasteiger partial charge >= 0.3 is 5.97 Å². The molecular formula is C11H13NO5. The normalized spacial score (nSPS) is 9.94. The highest BCUT2D eigenvalue weighted by Gasteiger charge is 2.11. The summed E-state index contributed by atoms with van der Waals surface area (Å²) in [5.41, 5.74) is 0.258. The van der Waals surface area contributed by atoms with E-state index in [9.17, 15) is 20.0 Å². The van der Waals surface area contributed by atoms with Crippen molar-refractivity contribution in [1.29, 1.82) is 0 Å². The van der Waals surface area contributed by atoms with E-state index in [4.69, 9.17) is 4.74 Å². The number of nitro benzene ring substituents is 1. The molecule has 92 valence electrons. The Bertz CT molecular complexity index is 430. The molecule has 0 radical (unpaired) electrons. The predicted octanol–water partition coefficient (Wildman–Crippen LogP) is 1.80. The van der Waals surface area contributed by atoms with Gasteiger partial charge in [-0.25, -0.2) is 0 Å². The highest BCUT2D eigenvalue weighted by molar-refractivity contribution is 5.69. The maximum absolute atomic E-state index is 11.1. The van der Waals surface area contributed by atoms with E-state index >= 15 is 0 Å². The molecule has 0 bridgehead atoms. The number of esters is 1. The van der Waals surface area contributed by atoms with E-state index in [1.807, 2.05) is 0 Å². The number of aromatic hydroxyl groups is 1. The van der Waals surface area contributed by atoms with E-state index in [0.29, 0.717) is 12.2 Å². The first-order valence-electron chi connectivity index (χ1n) is 5.16. The largest absolute Gasteiger partial charge is 0.508 e. The summed E-state index contributed by atoms with van der Waals surface area (Å²) in [6.45, 7) is 1.99. The zero-order valence-electron chi connectivity index (χ0n) is 9.38. The molecule has 0 aromatic heterocycles. The topological polar surface area (TPSA) is 89.7 Å². The van der Waals surface area contributed by atoms with Gasteiger partial charge in [-0.15, -0.1) is 0 Å². The van der Waals surface area contributed by atoms with Crippen LogP contribution in [-0.4, -0.2) is 22.6 Å². The number of phenolic OH excluding ortho intramolecular Hbond substituents is 1. The minimum absolute atomic E-state index is 0.0556. The maximum atomic E-state index is 11.1. The van der Waals surface area contributed by atoms with E-state index in [1.54, 1.807) is 6.92 Å². The van der Waals surface area contributed by atoms with Gasteiger partial charge in [0.2, 0.25) is 0 Å². The highest BCUT2D eigenvalue weighted by atomic mass is 16.6. The van der Waals surface area contributed by atoms with Crippen LogP contribution in [0.3, 0.4) is 0 Å². The van der Waals surface area contributed by atoms with Gasteiger partial charge in [-0.05, 0) is 19.4 Å². The van der Waals surface area contributed by atoms with Crippen LogP contribution in [0.25, 0.3) is 0 Å². The van der Waals surface area contributed by atoms with Crippen LogP contribution in [-0.2, 0) is 16.0 Å². The summed E-state index contributed by atoms with van der Waals surface area (Å²) < 4.78 is 4.73. The molecule has 0 heterocycles. The lowest BCUT2D eigenvalue weighted by Gasteiger charge is -2.04. The number of nitro groups is 1. The Kier molecular flexibility index (Phi) is 4.45. The first-order chi connectivity index (χ1) is 8.04. The first kappa shape index (κ1) is 13.0. The maximum Gasteiger partial charge on any atom is 0.306 e. The summed E-state index contributed by atoms with van der Waals surface area (Å²) in [4.78, 5) is 21.1. The van der Waals surface area contributed by atoms with Gasteiger partial charge in [0.25, 0.3) is 5.69 Å². The zero-order chi connectivity index (χ0) is 12.8. The fourth-order valence-corrected chi connectivity index (χ4v) is 1.36. The third kappa shape index (κ3) is 3.75. The van der Waals surface area contributed by atoms with Gasteiger partial charge in [-0.1, -0.05) is 0 Å². The van der Waals surface area contributed by atoms with E-state index in [-0.39, 0.29) is 24.3 Å². The number of benzene rings is 1. The van der Waals surface area contributed by atoms with Gasteiger partial charge in [0.1, 0.15) is 5.75 Å². The Labute approximate surface area is 98.0 Å². The number of carbonyl (C=O) groups is 1. The lowest BCUT2D eigenvalue weighted by atomic mass is 10.1. The third-order valence-electron chi connectivity index (χ3n) is 2.18. The van der Waals surface area contributed by atoms with Gasteiger partial charge in [-0.3, -0.25) is 14.9 Å². The molecule has 6 nitrogen and oxygen atoms in total. The third-order valence-corrected chi connectivity index (χ3v) is 2.18. The molecule has 0 fully saturated rings.